The second kappa shape index (κ2) is 21.7. The topological polar surface area (TPSA) is 240 Å². The van der Waals surface area contributed by atoms with Gasteiger partial charge in [-0.1, -0.05) is 39.8 Å². The maximum absolute atomic E-state index is 13.9. The number of esters is 1. The monoisotopic (exact) mass is 807 g/mol. The van der Waals surface area contributed by atoms with Crippen molar-refractivity contribution in [3.63, 3.8) is 0 Å². The lowest BCUT2D eigenvalue weighted by Crippen LogP contribution is -2.62. The summed E-state index contributed by atoms with van der Waals surface area (Å²) < 4.78 is 21.5. The first-order valence-corrected chi connectivity index (χ1v) is 19.5. The smallest absolute Gasteiger partial charge is 0.410 e. The molecule has 320 valence electrons. The summed E-state index contributed by atoms with van der Waals surface area (Å²) in [6.07, 6.45) is 4.48. The van der Waals surface area contributed by atoms with Gasteiger partial charge in [-0.3, -0.25) is 38.5 Å². The molecule has 0 bridgehead atoms. The number of ether oxygens (including phenoxy) is 4. The van der Waals surface area contributed by atoms with Gasteiger partial charge in [-0.2, -0.15) is 0 Å². The molecule has 3 aliphatic rings. The van der Waals surface area contributed by atoms with Crippen molar-refractivity contribution in [2.75, 3.05) is 53.2 Å². The van der Waals surface area contributed by atoms with Gasteiger partial charge in [-0.05, 0) is 58.3 Å². The van der Waals surface area contributed by atoms with Crippen molar-refractivity contribution < 1.29 is 57.3 Å². The second-order valence-electron chi connectivity index (χ2n) is 15.9. The molecular formula is C38H61N7O12. The van der Waals surface area contributed by atoms with Crippen LogP contribution in [-0.4, -0.2) is 152 Å². The molecule has 57 heavy (non-hydrogen) atoms. The third kappa shape index (κ3) is 14.0. The van der Waals surface area contributed by atoms with Crippen molar-refractivity contribution in [1.29, 1.82) is 0 Å². The number of amides is 7. The van der Waals surface area contributed by atoms with E-state index in [9.17, 15) is 38.4 Å². The predicted molar refractivity (Wildman–Crippen MR) is 204 cm³/mol. The molecule has 1 unspecified atom stereocenters. The van der Waals surface area contributed by atoms with Gasteiger partial charge in [0.05, 0.1) is 33.5 Å². The molecular weight excluding hydrogens is 746 g/mol. The molecule has 5 N–H and O–H groups in total. The minimum absolute atomic E-state index is 0.00102. The zero-order valence-corrected chi connectivity index (χ0v) is 34.3. The molecule has 7 amide bonds. The Balaban J connectivity index is 1.81. The molecule has 0 aromatic heterocycles. The molecule has 0 spiro atoms. The van der Waals surface area contributed by atoms with Crippen LogP contribution in [0.15, 0.2) is 12.2 Å². The van der Waals surface area contributed by atoms with Gasteiger partial charge in [0.15, 0.2) is 0 Å². The average Bonchev–Trinajstić information content (AvgIpc) is 3.84. The van der Waals surface area contributed by atoms with E-state index >= 15 is 0 Å². The van der Waals surface area contributed by atoms with E-state index in [0.717, 1.165) is 0 Å². The third-order valence-electron chi connectivity index (χ3n) is 9.56. The molecule has 2 fully saturated rings. The van der Waals surface area contributed by atoms with Crippen LogP contribution in [0, 0.1) is 11.8 Å². The Morgan fingerprint density at radius 1 is 0.789 bits per heavy atom. The molecule has 0 radical (unpaired) electrons. The Kier molecular flexibility index (Phi) is 17.7. The fourth-order valence-corrected chi connectivity index (χ4v) is 6.52. The normalized spacial score (nSPS) is 26.4. The first kappa shape index (κ1) is 46.6. The zero-order chi connectivity index (χ0) is 42.4. The van der Waals surface area contributed by atoms with Crippen LogP contribution in [0.1, 0.15) is 74.1 Å². The Bertz CT molecular complexity index is 1500. The van der Waals surface area contributed by atoms with E-state index in [1.807, 2.05) is 0 Å². The number of likely N-dealkylation sites (tertiary alicyclic amines) is 2. The molecule has 0 aliphatic carbocycles. The van der Waals surface area contributed by atoms with Crippen LogP contribution in [-0.2, 0) is 52.5 Å². The van der Waals surface area contributed by atoms with Gasteiger partial charge < -0.3 is 50.4 Å². The fraction of sp³-hybridized carbons (Fsp3) is 0.737. The molecule has 6 atom stereocenters. The van der Waals surface area contributed by atoms with Crippen LogP contribution in [0.5, 0.6) is 0 Å². The van der Waals surface area contributed by atoms with Crippen molar-refractivity contribution in [2.24, 2.45) is 11.8 Å². The van der Waals surface area contributed by atoms with Crippen molar-refractivity contribution in [1.82, 2.24) is 36.4 Å². The van der Waals surface area contributed by atoms with Gasteiger partial charge >= 0.3 is 12.1 Å². The van der Waals surface area contributed by atoms with Crippen molar-refractivity contribution in [2.45, 2.75) is 116 Å². The lowest BCUT2D eigenvalue weighted by Gasteiger charge is -2.33. The summed E-state index contributed by atoms with van der Waals surface area (Å²) in [5.74, 6) is -5.45. The number of hydrogen-bond acceptors (Lipinski definition) is 12. The predicted octanol–water partition coefficient (Wildman–Crippen LogP) is -0.480. The lowest BCUT2D eigenvalue weighted by molar-refractivity contribution is -0.143. The number of nitrogens with one attached hydrogen (secondary N) is 5. The third-order valence-corrected chi connectivity index (χ3v) is 9.56. The quantitative estimate of drug-likeness (QED) is 0.154. The van der Waals surface area contributed by atoms with Gasteiger partial charge in [0.1, 0.15) is 48.4 Å². The zero-order valence-electron chi connectivity index (χ0n) is 34.3. The number of rotatable bonds is 8. The minimum Gasteiger partial charge on any atom is -0.468 e. The Labute approximate surface area is 334 Å². The number of methoxy groups -OCH3 is 1. The van der Waals surface area contributed by atoms with Gasteiger partial charge in [-0.15, -0.1) is 0 Å². The summed E-state index contributed by atoms with van der Waals surface area (Å²) in [6.45, 7) is 11.6. The van der Waals surface area contributed by atoms with E-state index in [1.165, 1.54) is 16.9 Å². The van der Waals surface area contributed by atoms with E-state index < -0.39 is 102 Å². The van der Waals surface area contributed by atoms with Crippen LogP contribution >= 0.6 is 0 Å². The Morgan fingerprint density at radius 3 is 1.91 bits per heavy atom. The van der Waals surface area contributed by atoms with Crippen molar-refractivity contribution in [3.8, 4) is 0 Å². The highest BCUT2D eigenvalue weighted by molar-refractivity contribution is 5.97. The first-order chi connectivity index (χ1) is 26.8. The number of nitrogens with zero attached hydrogens (tertiary/aromatic N) is 2. The molecule has 3 aliphatic heterocycles. The van der Waals surface area contributed by atoms with Crippen molar-refractivity contribution in [3.05, 3.63) is 12.2 Å². The number of carbonyl (C=O) groups is 8. The molecule has 0 aromatic carbocycles. The first-order valence-electron chi connectivity index (χ1n) is 19.5. The number of hydrogen-bond donors (Lipinski definition) is 5. The van der Waals surface area contributed by atoms with E-state index in [4.69, 9.17) is 14.2 Å². The minimum atomic E-state index is -1.29. The van der Waals surface area contributed by atoms with Crippen molar-refractivity contribution >= 4 is 47.5 Å². The van der Waals surface area contributed by atoms with Gasteiger partial charge in [0.25, 0.3) is 0 Å². The maximum Gasteiger partial charge on any atom is 0.410 e. The largest absolute Gasteiger partial charge is 0.468 e. The van der Waals surface area contributed by atoms with E-state index in [1.54, 1.807) is 60.6 Å². The molecule has 0 aromatic rings. The Morgan fingerprint density at radius 2 is 1.33 bits per heavy atom. The van der Waals surface area contributed by atoms with Crippen LogP contribution in [0.25, 0.3) is 0 Å². The van der Waals surface area contributed by atoms with Crippen LogP contribution in [0.3, 0.4) is 0 Å². The standard InChI is InChI=1S/C38H61N7O12/c1-22(2)29-34(50)41-24(31(47)39-19-28(46)54-8)20-55-17-9-10-18-56-21-25(32(48)42-30(23(3)4)35(51)43-29)40-33(49)26-13-11-15-44(26)36(52)27-14-12-16-45(27)37(53)57-38(5,6)7/h9-10,22-27,29-30H,11-21H2,1-8H3,(H,39,47)(H,40,49)(H,41,50)(H,42,48)(H,43,51)/b10-9+/t24-,25-,26+,27?,29-,30-/m0/s1. The molecule has 19 heteroatoms. The molecule has 3 heterocycles. The highest BCUT2D eigenvalue weighted by Crippen LogP contribution is 2.26. The van der Waals surface area contributed by atoms with E-state index in [2.05, 4.69) is 31.3 Å². The second-order valence-corrected chi connectivity index (χ2v) is 15.9. The summed E-state index contributed by atoms with van der Waals surface area (Å²) in [7, 11) is 1.17. The van der Waals surface area contributed by atoms with Crippen LogP contribution < -0.4 is 26.6 Å². The molecule has 19 nitrogen and oxygen atoms in total. The summed E-state index contributed by atoms with van der Waals surface area (Å²) in [5, 5.41) is 13.1. The van der Waals surface area contributed by atoms with E-state index in [0.29, 0.717) is 32.2 Å². The van der Waals surface area contributed by atoms with Gasteiger partial charge in [-0.25, -0.2) is 4.79 Å². The lowest BCUT2D eigenvalue weighted by atomic mass is 9.99. The maximum atomic E-state index is 13.9. The molecule has 3 rings (SSSR count). The highest BCUT2D eigenvalue weighted by atomic mass is 16.6. The fourth-order valence-electron chi connectivity index (χ4n) is 6.52. The van der Waals surface area contributed by atoms with E-state index in [-0.39, 0.29) is 38.9 Å². The SMILES string of the molecule is COC(=O)CNC(=O)[C@@H]1COC/C=C/COC[C@H](NC(=O)[C@H]2CCCN2C(=O)C2CCCN2C(=O)OC(C)(C)C)C(=O)N[C@@H](C(C)C)C(=O)N[C@@H](C(C)C)C(=O)N1. The summed E-state index contributed by atoms with van der Waals surface area (Å²) >= 11 is 0. The summed E-state index contributed by atoms with van der Waals surface area (Å²) in [5.41, 5.74) is -0.754. The summed E-state index contributed by atoms with van der Waals surface area (Å²) in [6, 6.07) is -6.55. The molecule has 2 saturated heterocycles. The average molecular weight is 808 g/mol. The highest BCUT2D eigenvalue weighted by Gasteiger charge is 2.44. The summed E-state index contributed by atoms with van der Waals surface area (Å²) in [4.78, 5) is 109. The number of carbonyl (C=O) groups excluding carboxylic acids is 8. The van der Waals surface area contributed by atoms with Crippen LogP contribution in [0.4, 0.5) is 4.79 Å². The van der Waals surface area contributed by atoms with Gasteiger partial charge in [0, 0.05) is 13.1 Å². The van der Waals surface area contributed by atoms with Gasteiger partial charge in [0.2, 0.25) is 35.4 Å². The Hall–Kier alpha value is -4.78. The van der Waals surface area contributed by atoms with Crippen LogP contribution in [0.2, 0.25) is 0 Å². The molecule has 0 saturated carbocycles.